The second-order valence-corrected chi connectivity index (χ2v) is 8.76. The van der Waals surface area contributed by atoms with Crippen LogP contribution in [0.4, 0.5) is 5.82 Å². The van der Waals surface area contributed by atoms with Crippen molar-refractivity contribution in [3.63, 3.8) is 0 Å². The number of nitrogens with two attached hydrogens (primary N) is 1. The van der Waals surface area contributed by atoms with Gasteiger partial charge in [0.25, 0.3) is 0 Å². The standard InChI is InChI=1S/C21H24BrN5O/c1-13-19(22)27-17(5-8-24-27)20(25-13)26-9-6-21(7-10-26)12-14-11-15(28-2)3-4-16(14)18(21)23/h3-5,8,11,18H,6-7,9-10,12,23H2,1-2H3/t18-/m1/s1. The fraction of sp³-hybridized carbons (Fsp3) is 0.429. The number of piperidine rings is 1. The topological polar surface area (TPSA) is 68.7 Å². The van der Waals surface area contributed by atoms with Crippen LogP contribution in [0, 0.1) is 12.3 Å². The Morgan fingerprint density at radius 3 is 2.79 bits per heavy atom. The Morgan fingerprint density at radius 1 is 1.25 bits per heavy atom. The predicted molar refractivity (Wildman–Crippen MR) is 113 cm³/mol. The average molecular weight is 442 g/mol. The predicted octanol–water partition coefficient (Wildman–Crippen LogP) is 3.65. The van der Waals surface area contributed by atoms with Crippen LogP contribution in [-0.4, -0.2) is 34.8 Å². The van der Waals surface area contributed by atoms with Gasteiger partial charge < -0.3 is 15.4 Å². The SMILES string of the molecule is COc1ccc2c(c1)CC1(CCN(c3nc(C)c(Br)n4nccc34)CC1)[C@@H]2N. The number of benzene rings is 1. The molecule has 6 nitrogen and oxygen atoms in total. The molecule has 1 spiro atoms. The monoisotopic (exact) mass is 441 g/mol. The third-order valence-electron chi connectivity index (χ3n) is 6.58. The number of nitrogens with zero attached hydrogens (tertiary/aromatic N) is 4. The van der Waals surface area contributed by atoms with Gasteiger partial charge in [-0.15, -0.1) is 0 Å². The molecule has 2 aromatic heterocycles. The van der Waals surface area contributed by atoms with Crippen LogP contribution in [0.15, 0.2) is 35.1 Å². The van der Waals surface area contributed by atoms with Crippen LogP contribution in [0.3, 0.4) is 0 Å². The second kappa shape index (κ2) is 6.46. The number of methoxy groups -OCH3 is 1. The van der Waals surface area contributed by atoms with Crippen LogP contribution in [0.2, 0.25) is 0 Å². The number of hydrogen-bond acceptors (Lipinski definition) is 5. The highest BCUT2D eigenvalue weighted by atomic mass is 79.9. The number of aromatic nitrogens is 3. The summed E-state index contributed by atoms with van der Waals surface area (Å²) in [6.45, 7) is 3.92. The summed E-state index contributed by atoms with van der Waals surface area (Å²) in [5.41, 5.74) is 11.5. The van der Waals surface area contributed by atoms with Crippen LogP contribution in [0.25, 0.3) is 5.52 Å². The zero-order valence-corrected chi connectivity index (χ0v) is 17.7. The summed E-state index contributed by atoms with van der Waals surface area (Å²) in [4.78, 5) is 7.25. The third kappa shape index (κ3) is 2.56. The van der Waals surface area contributed by atoms with E-state index in [1.807, 2.05) is 29.8 Å². The summed E-state index contributed by atoms with van der Waals surface area (Å²) in [6, 6.07) is 8.45. The Kier molecular flexibility index (Phi) is 4.14. The van der Waals surface area contributed by atoms with Gasteiger partial charge in [0.15, 0.2) is 5.82 Å². The first kappa shape index (κ1) is 17.9. The maximum atomic E-state index is 6.75. The molecule has 2 aliphatic rings. The van der Waals surface area contributed by atoms with E-state index in [-0.39, 0.29) is 11.5 Å². The van der Waals surface area contributed by atoms with Crippen molar-refractivity contribution in [2.45, 2.75) is 32.2 Å². The second-order valence-electron chi connectivity index (χ2n) is 8.01. The fourth-order valence-corrected chi connectivity index (χ4v) is 5.28. The first-order valence-corrected chi connectivity index (χ1v) is 10.5. The molecular formula is C21H24BrN5O. The van der Waals surface area contributed by atoms with Gasteiger partial charge in [-0.05, 0) is 76.9 Å². The molecular weight excluding hydrogens is 418 g/mol. The number of halogens is 1. The molecule has 1 aliphatic heterocycles. The minimum Gasteiger partial charge on any atom is -0.497 e. The minimum absolute atomic E-state index is 0.0881. The molecule has 0 unspecified atom stereocenters. The Labute approximate surface area is 172 Å². The van der Waals surface area contributed by atoms with Gasteiger partial charge in [-0.2, -0.15) is 5.10 Å². The molecule has 7 heteroatoms. The number of fused-ring (bicyclic) bond motifs is 2. The van der Waals surface area contributed by atoms with E-state index in [4.69, 9.17) is 15.5 Å². The summed E-state index contributed by atoms with van der Waals surface area (Å²) in [7, 11) is 1.72. The lowest BCUT2D eigenvalue weighted by atomic mass is 9.73. The van der Waals surface area contributed by atoms with E-state index in [9.17, 15) is 0 Å². The molecule has 146 valence electrons. The summed E-state index contributed by atoms with van der Waals surface area (Å²) >= 11 is 3.60. The van der Waals surface area contributed by atoms with Crippen molar-refractivity contribution in [3.8, 4) is 5.75 Å². The van der Waals surface area contributed by atoms with E-state index in [1.54, 1.807) is 7.11 Å². The van der Waals surface area contributed by atoms with E-state index < -0.39 is 0 Å². The van der Waals surface area contributed by atoms with E-state index in [0.717, 1.165) is 59.7 Å². The van der Waals surface area contributed by atoms with Crippen LogP contribution < -0.4 is 15.4 Å². The zero-order chi connectivity index (χ0) is 19.5. The summed E-state index contributed by atoms with van der Waals surface area (Å²) in [5, 5.41) is 4.43. The zero-order valence-electron chi connectivity index (χ0n) is 16.2. The summed E-state index contributed by atoms with van der Waals surface area (Å²) in [6.07, 6.45) is 4.97. The molecule has 1 aliphatic carbocycles. The quantitative estimate of drug-likeness (QED) is 0.656. The first-order chi connectivity index (χ1) is 13.5. The molecule has 0 saturated carbocycles. The van der Waals surface area contributed by atoms with E-state index in [2.05, 4.69) is 38.1 Å². The van der Waals surface area contributed by atoms with E-state index in [0.29, 0.717) is 0 Å². The molecule has 0 bridgehead atoms. The normalized spacial score (nSPS) is 20.7. The van der Waals surface area contributed by atoms with Gasteiger partial charge in [-0.1, -0.05) is 6.07 Å². The maximum absolute atomic E-state index is 6.75. The number of anilines is 1. The molecule has 3 aromatic rings. The number of aryl methyl sites for hydroxylation is 1. The van der Waals surface area contributed by atoms with Crippen molar-refractivity contribution in [2.75, 3.05) is 25.1 Å². The lowest BCUT2D eigenvalue weighted by Gasteiger charge is -2.42. The van der Waals surface area contributed by atoms with Gasteiger partial charge in [0.1, 0.15) is 15.9 Å². The van der Waals surface area contributed by atoms with Crippen LogP contribution in [0.1, 0.15) is 35.7 Å². The maximum Gasteiger partial charge on any atom is 0.155 e. The van der Waals surface area contributed by atoms with Gasteiger partial charge in [-0.25, -0.2) is 9.50 Å². The molecule has 3 heterocycles. The van der Waals surface area contributed by atoms with Crippen molar-refractivity contribution in [3.05, 3.63) is 51.9 Å². The Morgan fingerprint density at radius 2 is 2.04 bits per heavy atom. The Bertz CT molecular complexity index is 1050. The van der Waals surface area contributed by atoms with Gasteiger partial charge in [0, 0.05) is 19.1 Å². The fourth-order valence-electron chi connectivity index (χ4n) is 4.91. The third-order valence-corrected chi connectivity index (χ3v) is 7.49. The number of ether oxygens (including phenoxy) is 1. The number of hydrogen-bond donors (Lipinski definition) is 1. The summed E-state index contributed by atoms with van der Waals surface area (Å²) < 4.78 is 8.24. The molecule has 1 fully saturated rings. The van der Waals surface area contributed by atoms with Gasteiger partial charge in [0.2, 0.25) is 0 Å². The lowest BCUT2D eigenvalue weighted by molar-refractivity contribution is 0.187. The van der Waals surface area contributed by atoms with Gasteiger partial charge in [0.05, 0.1) is 19.0 Å². The first-order valence-electron chi connectivity index (χ1n) is 9.69. The number of rotatable bonds is 2. The van der Waals surface area contributed by atoms with Crippen LogP contribution in [-0.2, 0) is 6.42 Å². The highest BCUT2D eigenvalue weighted by Crippen LogP contribution is 2.51. The van der Waals surface area contributed by atoms with Crippen molar-refractivity contribution in [1.29, 1.82) is 0 Å². The van der Waals surface area contributed by atoms with Crippen LogP contribution in [0.5, 0.6) is 5.75 Å². The summed E-state index contributed by atoms with van der Waals surface area (Å²) in [5.74, 6) is 1.93. The molecule has 1 atom stereocenters. The molecule has 0 radical (unpaired) electrons. The van der Waals surface area contributed by atoms with Crippen molar-refractivity contribution in [1.82, 2.24) is 14.6 Å². The van der Waals surface area contributed by atoms with Crippen molar-refractivity contribution < 1.29 is 4.74 Å². The van der Waals surface area contributed by atoms with E-state index >= 15 is 0 Å². The minimum atomic E-state index is 0.0881. The molecule has 1 saturated heterocycles. The van der Waals surface area contributed by atoms with Crippen molar-refractivity contribution >= 4 is 27.3 Å². The Balaban J connectivity index is 1.42. The molecule has 5 rings (SSSR count). The molecule has 28 heavy (non-hydrogen) atoms. The van der Waals surface area contributed by atoms with Gasteiger partial charge in [-0.3, -0.25) is 0 Å². The molecule has 2 N–H and O–H groups in total. The highest BCUT2D eigenvalue weighted by molar-refractivity contribution is 9.10. The smallest absolute Gasteiger partial charge is 0.155 e. The average Bonchev–Trinajstić information content (AvgIpc) is 3.30. The van der Waals surface area contributed by atoms with Crippen LogP contribution >= 0.6 is 15.9 Å². The molecule has 0 amide bonds. The van der Waals surface area contributed by atoms with Crippen molar-refractivity contribution in [2.24, 2.45) is 11.1 Å². The van der Waals surface area contributed by atoms with E-state index in [1.165, 1.54) is 11.1 Å². The Hall–Kier alpha value is -2.12. The van der Waals surface area contributed by atoms with Gasteiger partial charge >= 0.3 is 0 Å². The lowest BCUT2D eigenvalue weighted by Crippen LogP contribution is -2.44. The molecule has 1 aromatic carbocycles. The largest absolute Gasteiger partial charge is 0.497 e. The highest BCUT2D eigenvalue weighted by Gasteiger charge is 2.46.